The lowest BCUT2D eigenvalue weighted by atomic mass is 10.1. The molecule has 0 radical (unpaired) electrons. The predicted molar refractivity (Wildman–Crippen MR) is 105 cm³/mol. The third-order valence-electron chi connectivity index (χ3n) is 4.27. The second kappa shape index (κ2) is 7.89. The number of rotatable bonds is 5. The maximum Gasteiger partial charge on any atom is 0.417 e. The standard InChI is InChI=1S/C17H16F3N5O3S2/c1-9-5-12(30(21,27)28)6-13(10(9)2)22-15(26)8-29-16-24-23-14-4-3-11(7-25(14)16)17(18,19)20/h3-7H,8H2,1-2H3,(H,22,26)(H2,21,27,28). The van der Waals surface area contributed by atoms with Crippen LogP contribution in [0.3, 0.4) is 0 Å². The van der Waals surface area contributed by atoms with Crippen molar-refractivity contribution in [1.29, 1.82) is 0 Å². The number of nitrogens with one attached hydrogen (secondary N) is 1. The fraction of sp³-hybridized carbons (Fsp3) is 0.235. The third kappa shape index (κ3) is 4.74. The molecule has 8 nitrogen and oxygen atoms in total. The van der Waals surface area contributed by atoms with Crippen LogP contribution in [0.15, 0.2) is 40.5 Å². The molecule has 3 N–H and O–H groups in total. The van der Waals surface area contributed by atoms with E-state index in [1.54, 1.807) is 13.8 Å². The van der Waals surface area contributed by atoms with Gasteiger partial charge in [-0.1, -0.05) is 11.8 Å². The molecule has 0 spiro atoms. The van der Waals surface area contributed by atoms with E-state index in [0.717, 1.165) is 28.4 Å². The third-order valence-corrected chi connectivity index (χ3v) is 6.11. The fourth-order valence-corrected chi connectivity index (χ4v) is 3.91. The van der Waals surface area contributed by atoms with Gasteiger partial charge in [-0.2, -0.15) is 13.2 Å². The largest absolute Gasteiger partial charge is 0.417 e. The molecule has 13 heteroatoms. The van der Waals surface area contributed by atoms with Crippen molar-refractivity contribution >= 4 is 39.0 Å². The first-order valence-corrected chi connectivity index (χ1v) is 10.9. The molecule has 160 valence electrons. The van der Waals surface area contributed by atoms with Crippen LogP contribution in [0.25, 0.3) is 5.65 Å². The van der Waals surface area contributed by atoms with Crippen LogP contribution >= 0.6 is 11.8 Å². The van der Waals surface area contributed by atoms with Crippen LogP contribution in [0, 0.1) is 13.8 Å². The quantitative estimate of drug-likeness (QED) is 0.566. The second-order valence-corrected chi connectivity index (χ2v) is 8.92. The van der Waals surface area contributed by atoms with Crippen LogP contribution in [-0.4, -0.2) is 34.7 Å². The smallest absolute Gasteiger partial charge is 0.325 e. The number of halogens is 3. The molecule has 0 aliphatic heterocycles. The molecule has 2 aromatic heterocycles. The minimum atomic E-state index is -4.53. The van der Waals surface area contributed by atoms with Crippen LogP contribution in [0.5, 0.6) is 0 Å². The van der Waals surface area contributed by atoms with Gasteiger partial charge in [-0.3, -0.25) is 9.20 Å². The van der Waals surface area contributed by atoms with E-state index >= 15 is 0 Å². The molecule has 0 fully saturated rings. The molecule has 0 unspecified atom stereocenters. The molecule has 3 rings (SSSR count). The van der Waals surface area contributed by atoms with Gasteiger partial charge < -0.3 is 5.32 Å². The van der Waals surface area contributed by atoms with Crippen LogP contribution < -0.4 is 10.5 Å². The Kier molecular flexibility index (Phi) is 5.80. The number of benzene rings is 1. The molecule has 0 aliphatic carbocycles. The summed E-state index contributed by atoms with van der Waals surface area (Å²) >= 11 is 0.890. The Morgan fingerprint density at radius 1 is 1.23 bits per heavy atom. The van der Waals surface area contributed by atoms with Crippen molar-refractivity contribution in [3.05, 3.63) is 47.2 Å². The van der Waals surface area contributed by atoms with Crippen molar-refractivity contribution in [2.24, 2.45) is 5.14 Å². The van der Waals surface area contributed by atoms with Crippen molar-refractivity contribution in [2.75, 3.05) is 11.1 Å². The summed E-state index contributed by atoms with van der Waals surface area (Å²) in [6, 6.07) is 4.73. The summed E-state index contributed by atoms with van der Waals surface area (Å²) in [6.07, 6.45) is -3.67. The van der Waals surface area contributed by atoms with E-state index in [-0.39, 0.29) is 27.1 Å². The maximum atomic E-state index is 12.9. The van der Waals surface area contributed by atoms with Crippen LogP contribution in [0.1, 0.15) is 16.7 Å². The molecule has 30 heavy (non-hydrogen) atoms. The first-order chi connectivity index (χ1) is 13.9. The van der Waals surface area contributed by atoms with Crippen molar-refractivity contribution in [1.82, 2.24) is 14.6 Å². The Morgan fingerprint density at radius 2 is 1.93 bits per heavy atom. The van der Waals surface area contributed by atoms with E-state index in [1.807, 2.05) is 0 Å². The summed E-state index contributed by atoms with van der Waals surface area (Å²) < 4.78 is 63.1. The average molecular weight is 459 g/mol. The number of aromatic nitrogens is 3. The number of anilines is 1. The Hall–Kier alpha value is -2.64. The number of hydrogen-bond donors (Lipinski definition) is 2. The molecular weight excluding hydrogens is 443 g/mol. The number of sulfonamides is 1. The van der Waals surface area contributed by atoms with Crippen molar-refractivity contribution in [2.45, 2.75) is 30.1 Å². The van der Waals surface area contributed by atoms with Gasteiger partial charge in [-0.15, -0.1) is 10.2 Å². The molecule has 0 atom stereocenters. The number of carbonyl (C=O) groups is 1. The van der Waals surface area contributed by atoms with E-state index in [1.165, 1.54) is 18.2 Å². The zero-order valence-corrected chi connectivity index (χ0v) is 17.3. The predicted octanol–water partition coefficient (Wildman–Crippen LogP) is 2.74. The number of carbonyl (C=O) groups excluding carboxylic acids is 1. The van der Waals surface area contributed by atoms with Crippen molar-refractivity contribution < 1.29 is 26.4 Å². The number of alkyl halides is 3. The minimum Gasteiger partial charge on any atom is -0.325 e. The van der Waals surface area contributed by atoms with Gasteiger partial charge in [0.2, 0.25) is 15.9 Å². The first-order valence-electron chi connectivity index (χ1n) is 8.35. The van der Waals surface area contributed by atoms with Crippen molar-refractivity contribution in [3.8, 4) is 0 Å². The number of thioether (sulfide) groups is 1. The fourth-order valence-electron chi connectivity index (χ4n) is 2.57. The summed E-state index contributed by atoms with van der Waals surface area (Å²) in [4.78, 5) is 12.2. The van der Waals surface area contributed by atoms with E-state index in [9.17, 15) is 26.4 Å². The molecule has 1 amide bonds. The van der Waals surface area contributed by atoms with E-state index in [4.69, 9.17) is 5.14 Å². The number of nitrogens with zero attached hydrogens (tertiary/aromatic N) is 3. The Labute approximate surface area is 173 Å². The SMILES string of the molecule is Cc1cc(S(N)(=O)=O)cc(NC(=O)CSc2nnc3ccc(C(F)(F)F)cn23)c1C. The number of pyridine rings is 1. The number of nitrogens with two attached hydrogens (primary N) is 1. The van der Waals surface area contributed by atoms with Crippen LogP contribution in [0.4, 0.5) is 18.9 Å². The Morgan fingerprint density at radius 3 is 2.57 bits per heavy atom. The number of primary sulfonamides is 1. The average Bonchev–Trinajstić information content (AvgIpc) is 3.04. The molecule has 1 aromatic carbocycles. The van der Waals surface area contributed by atoms with Gasteiger partial charge in [0.05, 0.1) is 16.2 Å². The lowest BCUT2D eigenvalue weighted by Gasteiger charge is -2.12. The lowest BCUT2D eigenvalue weighted by molar-refractivity contribution is -0.137. The Bertz CT molecular complexity index is 1240. The number of aryl methyl sites for hydroxylation is 1. The zero-order chi connectivity index (χ0) is 22.3. The summed E-state index contributed by atoms with van der Waals surface area (Å²) in [5.41, 5.74) is 0.886. The maximum absolute atomic E-state index is 12.9. The normalized spacial score (nSPS) is 12.3. The van der Waals surface area contributed by atoms with Gasteiger partial charge in [0.15, 0.2) is 10.8 Å². The minimum absolute atomic E-state index is 0.109. The highest BCUT2D eigenvalue weighted by atomic mass is 32.2. The van der Waals surface area contributed by atoms with Gasteiger partial charge in [0.1, 0.15) is 0 Å². The molecule has 0 aliphatic rings. The number of hydrogen-bond acceptors (Lipinski definition) is 6. The highest BCUT2D eigenvalue weighted by molar-refractivity contribution is 7.99. The summed E-state index contributed by atoms with van der Waals surface area (Å²) in [6.45, 7) is 3.38. The molecule has 0 saturated carbocycles. The molecular formula is C17H16F3N5O3S2. The summed E-state index contributed by atoms with van der Waals surface area (Å²) in [7, 11) is -3.96. The van der Waals surface area contributed by atoms with Gasteiger partial charge in [-0.25, -0.2) is 13.6 Å². The van der Waals surface area contributed by atoms with E-state index in [0.29, 0.717) is 11.1 Å². The molecule has 0 bridgehead atoms. The van der Waals surface area contributed by atoms with Gasteiger partial charge in [-0.05, 0) is 49.2 Å². The number of amides is 1. The van der Waals surface area contributed by atoms with Gasteiger partial charge in [0, 0.05) is 11.9 Å². The van der Waals surface area contributed by atoms with Crippen molar-refractivity contribution in [3.63, 3.8) is 0 Å². The topological polar surface area (TPSA) is 119 Å². The zero-order valence-electron chi connectivity index (χ0n) is 15.7. The number of fused-ring (bicyclic) bond motifs is 1. The van der Waals surface area contributed by atoms with E-state index in [2.05, 4.69) is 15.5 Å². The summed E-state index contributed by atoms with van der Waals surface area (Å²) in [5.74, 6) is -0.687. The highest BCUT2D eigenvalue weighted by Gasteiger charge is 2.31. The van der Waals surface area contributed by atoms with Crippen LogP contribution in [-0.2, 0) is 21.0 Å². The monoisotopic (exact) mass is 459 g/mol. The lowest BCUT2D eigenvalue weighted by Crippen LogP contribution is -2.17. The van der Waals surface area contributed by atoms with Crippen LogP contribution in [0.2, 0.25) is 0 Å². The van der Waals surface area contributed by atoms with Gasteiger partial charge >= 0.3 is 6.18 Å². The van der Waals surface area contributed by atoms with E-state index < -0.39 is 27.7 Å². The Balaban J connectivity index is 1.78. The summed E-state index contributed by atoms with van der Waals surface area (Å²) in [5, 5.41) is 15.4. The first kappa shape index (κ1) is 22.1. The molecule has 0 saturated heterocycles. The molecule has 3 aromatic rings. The second-order valence-electron chi connectivity index (χ2n) is 6.42. The highest BCUT2D eigenvalue weighted by Crippen LogP contribution is 2.30. The molecule has 2 heterocycles. The van der Waals surface area contributed by atoms with Gasteiger partial charge in [0.25, 0.3) is 0 Å².